The molecule has 1 atom stereocenters. The van der Waals surface area contributed by atoms with Crippen LogP contribution in [-0.4, -0.2) is 21.8 Å². The molecule has 1 fully saturated rings. The van der Waals surface area contributed by atoms with Gasteiger partial charge in [-0.3, -0.25) is 9.13 Å². The molecule has 2 heterocycles. The number of hydrogen-bond acceptors (Lipinski definition) is 2. The Labute approximate surface area is 125 Å². The third kappa shape index (κ3) is 2.64. The van der Waals surface area contributed by atoms with E-state index in [1.54, 1.807) is 4.57 Å². The molecule has 4 nitrogen and oxygen atoms in total. The average Bonchev–Trinajstić information content (AvgIpc) is 3.08. The summed E-state index contributed by atoms with van der Waals surface area (Å²) in [7, 11) is 1.88. The topological polar surface area (TPSA) is 36.2 Å². The zero-order valence-electron chi connectivity index (χ0n) is 13.0. The zero-order valence-corrected chi connectivity index (χ0v) is 13.0. The van der Waals surface area contributed by atoms with Gasteiger partial charge in [-0.1, -0.05) is 12.1 Å². The summed E-state index contributed by atoms with van der Waals surface area (Å²) in [6.45, 7) is 3.66. The number of para-hydroxylation sites is 1. The molecule has 3 rings (SSSR count). The van der Waals surface area contributed by atoms with Crippen molar-refractivity contribution >= 4 is 11.0 Å². The standard InChI is InChI=1S/C17H24N2O2/c1-3-19-15-11-5-8-13(16(15)18(2)17(19)20)7-4-9-14-10-6-12-21-14/h5,8,11,14H,3-4,6-7,9-10,12H2,1-2H3. The Morgan fingerprint density at radius 1 is 1.38 bits per heavy atom. The van der Waals surface area contributed by atoms with Crippen molar-refractivity contribution in [2.24, 2.45) is 7.05 Å². The van der Waals surface area contributed by atoms with Gasteiger partial charge in [0.1, 0.15) is 0 Å². The lowest BCUT2D eigenvalue weighted by Crippen LogP contribution is -2.21. The number of benzene rings is 1. The fraction of sp³-hybridized carbons (Fsp3) is 0.588. The highest BCUT2D eigenvalue weighted by Crippen LogP contribution is 2.22. The van der Waals surface area contributed by atoms with E-state index in [4.69, 9.17) is 4.74 Å². The van der Waals surface area contributed by atoms with Crippen LogP contribution in [-0.2, 0) is 24.8 Å². The number of aromatic nitrogens is 2. The maximum atomic E-state index is 12.3. The predicted octanol–water partition coefficient (Wildman–Crippen LogP) is 2.86. The van der Waals surface area contributed by atoms with E-state index in [-0.39, 0.29) is 5.69 Å². The van der Waals surface area contributed by atoms with Gasteiger partial charge in [0.25, 0.3) is 0 Å². The molecule has 0 radical (unpaired) electrons. The van der Waals surface area contributed by atoms with E-state index in [1.807, 2.05) is 24.6 Å². The van der Waals surface area contributed by atoms with Crippen LogP contribution in [0.25, 0.3) is 11.0 Å². The maximum absolute atomic E-state index is 12.3. The number of imidazole rings is 1. The minimum absolute atomic E-state index is 0.0825. The van der Waals surface area contributed by atoms with Gasteiger partial charge in [-0.15, -0.1) is 0 Å². The van der Waals surface area contributed by atoms with Gasteiger partial charge >= 0.3 is 5.69 Å². The molecule has 1 aromatic carbocycles. The van der Waals surface area contributed by atoms with E-state index in [0.717, 1.165) is 43.4 Å². The van der Waals surface area contributed by atoms with E-state index in [2.05, 4.69) is 12.1 Å². The number of aryl methyl sites for hydroxylation is 3. The molecule has 1 saturated heterocycles. The summed E-state index contributed by atoms with van der Waals surface area (Å²) in [5.41, 5.74) is 3.51. The minimum atomic E-state index is 0.0825. The molecule has 0 bridgehead atoms. The first-order valence-corrected chi connectivity index (χ1v) is 8.01. The van der Waals surface area contributed by atoms with Crippen LogP contribution in [0.1, 0.15) is 38.2 Å². The fourth-order valence-corrected chi connectivity index (χ4v) is 3.46. The Hall–Kier alpha value is -1.55. The van der Waals surface area contributed by atoms with Gasteiger partial charge in [0.15, 0.2) is 0 Å². The first kappa shape index (κ1) is 14.4. The van der Waals surface area contributed by atoms with Crippen LogP contribution < -0.4 is 5.69 Å². The van der Waals surface area contributed by atoms with Crippen molar-refractivity contribution in [3.63, 3.8) is 0 Å². The molecular formula is C17H24N2O2. The zero-order chi connectivity index (χ0) is 14.8. The molecule has 0 saturated carbocycles. The van der Waals surface area contributed by atoms with Crippen LogP contribution >= 0.6 is 0 Å². The monoisotopic (exact) mass is 288 g/mol. The quantitative estimate of drug-likeness (QED) is 0.848. The number of fused-ring (bicyclic) bond motifs is 1. The van der Waals surface area contributed by atoms with Crippen LogP contribution in [0.4, 0.5) is 0 Å². The summed E-state index contributed by atoms with van der Waals surface area (Å²) in [5, 5.41) is 0. The second-order valence-electron chi connectivity index (χ2n) is 5.90. The highest BCUT2D eigenvalue weighted by atomic mass is 16.5. The summed E-state index contributed by atoms with van der Waals surface area (Å²) in [5.74, 6) is 0. The summed E-state index contributed by atoms with van der Waals surface area (Å²) in [6.07, 6.45) is 6.11. The van der Waals surface area contributed by atoms with E-state index in [9.17, 15) is 4.79 Å². The molecule has 114 valence electrons. The Morgan fingerprint density at radius 2 is 2.24 bits per heavy atom. The lowest BCUT2D eigenvalue weighted by atomic mass is 10.0. The van der Waals surface area contributed by atoms with Gasteiger partial charge in [-0.05, 0) is 50.7 Å². The highest BCUT2D eigenvalue weighted by Gasteiger charge is 2.16. The molecule has 1 aromatic heterocycles. The molecule has 1 aliphatic rings. The largest absolute Gasteiger partial charge is 0.378 e. The van der Waals surface area contributed by atoms with Crippen LogP contribution in [0.2, 0.25) is 0 Å². The lowest BCUT2D eigenvalue weighted by Gasteiger charge is -2.10. The third-order valence-corrected chi connectivity index (χ3v) is 4.55. The van der Waals surface area contributed by atoms with E-state index in [0.29, 0.717) is 6.10 Å². The van der Waals surface area contributed by atoms with Crippen molar-refractivity contribution < 1.29 is 4.74 Å². The molecule has 0 N–H and O–H groups in total. The summed E-state index contributed by atoms with van der Waals surface area (Å²) in [4.78, 5) is 12.3. The van der Waals surface area contributed by atoms with Crippen molar-refractivity contribution in [3.05, 3.63) is 34.2 Å². The lowest BCUT2D eigenvalue weighted by molar-refractivity contribution is 0.102. The molecule has 21 heavy (non-hydrogen) atoms. The number of rotatable bonds is 5. The van der Waals surface area contributed by atoms with Crippen molar-refractivity contribution in [1.82, 2.24) is 9.13 Å². The van der Waals surface area contributed by atoms with Crippen molar-refractivity contribution in [2.45, 2.75) is 51.7 Å². The molecule has 4 heteroatoms. The van der Waals surface area contributed by atoms with Gasteiger partial charge in [-0.25, -0.2) is 4.79 Å². The first-order valence-electron chi connectivity index (χ1n) is 8.01. The van der Waals surface area contributed by atoms with Crippen LogP contribution in [0.5, 0.6) is 0 Å². The normalized spacial score (nSPS) is 18.7. The van der Waals surface area contributed by atoms with Gasteiger partial charge in [0, 0.05) is 20.2 Å². The number of hydrogen-bond donors (Lipinski definition) is 0. The third-order valence-electron chi connectivity index (χ3n) is 4.55. The van der Waals surface area contributed by atoms with Crippen molar-refractivity contribution in [1.29, 1.82) is 0 Å². The van der Waals surface area contributed by atoms with Crippen LogP contribution in [0.15, 0.2) is 23.0 Å². The van der Waals surface area contributed by atoms with Crippen molar-refractivity contribution in [2.75, 3.05) is 6.61 Å². The minimum Gasteiger partial charge on any atom is -0.378 e. The van der Waals surface area contributed by atoms with E-state index in [1.165, 1.54) is 18.4 Å². The van der Waals surface area contributed by atoms with E-state index < -0.39 is 0 Å². The van der Waals surface area contributed by atoms with Gasteiger partial charge < -0.3 is 4.74 Å². The van der Waals surface area contributed by atoms with Gasteiger partial charge in [-0.2, -0.15) is 0 Å². The Balaban J connectivity index is 1.83. The maximum Gasteiger partial charge on any atom is 0.328 e. The molecule has 1 unspecified atom stereocenters. The van der Waals surface area contributed by atoms with Crippen LogP contribution in [0.3, 0.4) is 0 Å². The second-order valence-corrected chi connectivity index (χ2v) is 5.90. The summed E-state index contributed by atoms with van der Waals surface area (Å²) >= 11 is 0. The first-order chi connectivity index (χ1) is 10.2. The SMILES string of the molecule is CCn1c(=O)n(C)c2c(CCCC3CCCO3)cccc21. The molecular weight excluding hydrogens is 264 g/mol. The van der Waals surface area contributed by atoms with E-state index >= 15 is 0 Å². The van der Waals surface area contributed by atoms with Crippen molar-refractivity contribution in [3.8, 4) is 0 Å². The molecule has 1 aliphatic heterocycles. The highest BCUT2D eigenvalue weighted by molar-refractivity contribution is 5.79. The Kier molecular flexibility index (Phi) is 4.15. The summed E-state index contributed by atoms with van der Waals surface area (Å²) < 4.78 is 9.32. The summed E-state index contributed by atoms with van der Waals surface area (Å²) in [6, 6.07) is 6.26. The van der Waals surface area contributed by atoms with Crippen LogP contribution in [0, 0.1) is 0 Å². The Morgan fingerprint density at radius 3 is 2.95 bits per heavy atom. The average molecular weight is 288 g/mol. The van der Waals surface area contributed by atoms with Gasteiger partial charge in [0.05, 0.1) is 17.1 Å². The molecule has 2 aromatic rings. The molecule has 0 amide bonds. The molecule has 0 spiro atoms. The number of nitrogens with zero attached hydrogens (tertiary/aromatic N) is 2. The predicted molar refractivity (Wildman–Crippen MR) is 84.8 cm³/mol. The Bertz CT molecular complexity index is 678. The fourth-order valence-electron chi connectivity index (χ4n) is 3.46. The second kappa shape index (κ2) is 6.06. The number of ether oxygens (including phenoxy) is 1. The smallest absolute Gasteiger partial charge is 0.328 e. The van der Waals surface area contributed by atoms with Gasteiger partial charge in [0.2, 0.25) is 0 Å². The molecule has 0 aliphatic carbocycles.